The lowest BCUT2D eigenvalue weighted by Gasteiger charge is -2.40. The molecule has 1 aromatic rings. The van der Waals surface area contributed by atoms with Crippen LogP contribution in [0.25, 0.3) is 0 Å². The first-order valence-electron chi connectivity index (χ1n) is 7.35. The topological polar surface area (TPSA) is 49.8 Å². The minimum Gasteiger partial charge on any atom is -0.481 e. The molecule has 2 rings (SSSR count). The minimum absolute atomic E-state index is 0.357. The highest BCUT2D eigenvalue weighted by molar-refractivity contribution is 6.30. The number of carboxylic acid groups (broad SMARTS) is 1. The molecule has 1 aliphatic rings. The van der Waals surface area contributed by atoms with Crippen LogP contribution in [0.15, 0.2) is 18.2 Å². The summed E-state index contributed by atoms with van der Waals surface area (Å²) in [6.45, 7) is 2.17. The molecule has 0 aliphatic carbocycles. The van der Waals surface area contributed by atoms with Crippen molar-refractivity contribution in [3.63, 3.8) is 0 Å². The Hall–Kier alpha value is -1.17. The highest BCUT2D eigenvalue weighted by Crippen LogP contribution is 2.34. The van der Waals surface area contributed by atoms with Crippen LogP contribution in [-0.2, 0) is 16.1 Å². The van der Waals surface area contributed by atoms with Gasteiger partial charge in [-0.2, -0.15) is 0 Å². The number of hydrogen-bond donors (Lipinski definition) is 1. The van der Waals surface area contributed by atoms with Crippen LogP contribution in [0.5, 0.6) is 0 Å². The summed E-state index contributed by atoms with van der Waals surface area (Å²) >= 11 is 5.87. The summed E-state index contributed by atoms with van der Waals surface area (Å²) in [5.41, 5.74) is -0.0244. The quantitative estimate of drug-likeness (QED) is 0.871. The molecule has 1 aliphatic heterocycles. The van der Waals surface area contributed by atoms with Gasteiger partial charge in [-0.05, 0) is 49.6 Å². The zero-order valence-corrected chi connectivity index (χ0v) is 13.4. The Morgan fingerprint density at radius 3 is 2.91 bits per heavy atom. The Kier molecular flexibility index (Phi) is 5.78. The molecule has 0 bridgehead atoms. The van der Waals surface area contributed by atoms with Gasteiger partial charge in [0.1, 0.15) is 5.82 Å². The average Bonchev–Trinajstić information content (AvgIpc) is 2.44. The van der Waals surface area contributed by atoms with Crippen molar-refractivity contribution in [3.05, 3.63) is 34.6 Å². The Morgan fingerprint density at radius 1 is 1.50 bits per heavy atom. The van der Waals surface area contributed by atoms with E-state index in [2.05, 4.69) is 4.90 Å². The zero-order valence-electron chi connectivity index (χ0n) is 12.6. The fourth-order valence-corrected chi connectivity index (χ4v) is 3.35. The van der Waals surface area contributed by atoms with Gasteiger partial charge in [-0.1, -0.05) is 11.6 Å². The van der Waals surface area contributed by atoms with Crippen molar-refractivity contribution in [1.29, 1.82) is 0 Å². The molecule has 0 amide bonds. The normalized spacial score (nSPS) is 22.7. The molecule has 122 valence electrons. The van der Waals surface area contributed by atoms with Crippen molar-refractivity contribution in [3.8, 4) is 0 Å². The smallest absolute Gasteiger partial charge is 0.311 e. The Labute approximate surface area is 134 Å². The van der Waals surface area contributed by atoms with Crippen LogP contribution < -0.4 is 0 Å². The number of piperidine rings is 1. The Bertz CT molecular complexity index is 520. The summed E-state index contributed by atoms with van der Waals surface area (Å²) in [6.07, 6.45) is 1.93. The van der Waals surface area contributed by atoms with Gasteiger partial charge in [0.2, 0.25) is 0 Å². The highest BCUT2D eigenvalue weighted by atomic mass is 35.5. The van der Waals surface area contributed by atoms with Crippen molar-refractivity contribution in [1.82, 2.24) is 4.90 Å². The van der Waals surface area contributed by atoms with E-state index in [4.69, 9.17) is 16.3 Å². The molecule has 0 saturated carbocycles. The lowest BCUT2D eigenvalue weighted by Crippen LogP contribution is -2.48. The Morgan fingerprint density at radius 2 is 2.27 bits per heavy atom. The maximum absolute atomic E-state index is 13.4. The third-order valence-electron chi connectivity index (χ3n) is 4.22. The monoisotopic (exact) mass is 329 g/mol. The van der Waals surface area contributed by atoms with Crippen molar-refractivity contribution >= 4 is 17.6 Å². The molecule has 0 aromatic heterocycles. The van der Waals surface area contributed by atoms with Crippen molar-refractivity contribution in [2.24, 2.45) is 5.41 Å². The number of carbonyl (C=O) groups is 1. The molecule has 0 unspecified atom stereocenters. The van der Waals surface area contributed by atoms with E-state index < -0.39 is 11.4 Å². The molecule has 1 fully saturated rings. The summed E-state index contributed by atoms with van der Waals surface area (Å²) in [5.74, 6) is -1.16. The van der Waals surface area contributed by atoms with Gasteiger partial charge in [0, 0.05) is 31.8 Å². The van der Waals surface area contributed by atoms with Crippen LogP contribution in [0.1, 0.15) is 24.8 Å². The van der Waals surface area contributed by atoms with Gasteiger partial charge >= 0.3 is 5.97 Å². The lowest BCUT2D eigenvalue weighted by atomic mass is 9.77. The van der Waals surface area contributed by atoms with E-state index in [0.717, 1.165) is 18.5 Å². The maximum atomic E-state index is 13.4. The largest absolute Gasteiger partial charge is 0.481 e. The van der Waals surface area contributed by atoms with Crippen LogP contribution in [0.2, 0.25) is 5.02 Å². The Balaban J connectivity index is 2.10. The maximum Gasteiger partial charge on any atom is 0.311 e. The first-order valence-corrected chi connectivity index (χ1v) is 7.73. The number of halogens is 2. The van der Waals surface area contributed by atoms with E-state index in [9.17, 15) is 14.3 Å². The number of hydrogen-bond acceptors (Lipinski definition) is 3. The summed E-state index contributed by atoms with van der Waals surface area (Å²) in [7, 11) is 1.57. The van der Waals surface area contributed by atoms with Crippen molar-refractivity contribution in [2.75, 3.05) is 26.8 Å². The lowest BCUT2D eigenvalue weighted by molar-refractivity contribution is -0.154. The molecule has 0 radical (unpaired) electrons. The second-order valence-corrected chi connectivity index (χ2v) is 6.36. The first-order chi connectivity index (χ1) is 10.4. The zero-order chi connectivity index (χ0) is 16.2. The van der Waals surface area contributed by atoms with Crippen LogP contribution in [0.3, 0.4) is 0 Å². The van der Waals surface area contributed by atoms with Crippen LogP contribution >= 0.6 is 11.6 Å². The van der Waals surface area contributed by atoms with Gasteiger partial charge in [-0.25, -0.2) is 4.39 Å². The molecular formula is C16H21ClFNO3. The molecule has 1 saturated heterocycles. The van der Waals surface area contributed by atoms with E-state index in [1.807, 2.05) is 0 Å². The highest BCUT2D eigenvalue weighted by Gasteiger charge is 2.41. The number of carboxylic acids is 1. The minimum atomic E-state index is -0.786. The number of benzene rings is 1. The summed E-state index contributed by atoms with van der Waals surface area (Å²) < 4.78 is 18.5. The standard InChI is InChI=1S/C16H21ClFNO3/c1-22-6-4-16(15(20)21)3-2-5-19(11-16)10-12-7-13(17)9-14(18)8-12/h7-9H,2-6,10-11H2,1H3,(H,20,21)/t16-/m1/s1. The van der Waals surface area contributed by atoms with Gasteiger partial charge in [0.05, 0.1) is 5.41 Å². The first kappa shape index (κ1) is 17.2. The summed E-state index contributed by atoms with van der Waals surface area (Å²) in [6, 6.07) is 4.43. The SMILES string of the molecule is COCC[C@]1(C(=O)O)CCCN(Cc2cc(F)cc(Cl)c2)C1. The van der Waals surface area contributed by atoms with Gasteiger partial charge in [-0.3, -0.25) is 9.69 Å². The van der Waals surface area contributed by atoms with E-state index in [1.54, 1.807) is 13.2 Å². The molecule has 1 heterocycles. The van der Waals surface area contributed by atoms with E-state index in [-0.39, 0.29) is 5.82 Å². The van der Waals surface area contributed by atoms with Crippen LogP contribution in [0.4, 0.5) is 4.39 Å². The number of rotatable bonds is 6. The molecule has 1 N–H and O–H groups in total. The van der Waals surface area contributed by atoms with E-state index in [1.165, 1.54) is 12.1 Å². The second kappa shape index (κ2) is 7.40. The van der Waals surface area contributed by atoms with Crippen LogP contribution in [-0.4, -0.2) is 42.8 Å². The molecule has 4 nitrogen and oxygen atoms in total. The van der Waals surface area contributed by atoms with Gasteiger partial charge in [-0.15, -0.1) is 0 Å². The predicted molar refractivity (Wildman–Crippen MR) is 82.5 cm³/mol. The van der Waals surface area contributed by atoms with Gasteiger partial charge < -0.3 is 9.84 Å². The van der Waals surface area contributed by atoms with E-state index in [0.29, 0.717) is 37.6 Å². The van der Waals surface area contributed by atoms with E-state index >= 15 is 0 Å². The van der Waals surface area contributed by atoms with Crippen molar-refractivity contribution in [2.45, 2.75) is 25.8 Å². The fraction of sp³-hybridized carbons (Fsp3) is 0.562. The molecular weight excluding hydrogens is 309 g/mol. The predicted octanol–water partition coefficient (Wildman–Crippen LogP) is 3.18. The molecule has 22 heavy (non-hydrogen) atoms. The number of nitrogens with zero attached hydrogens (tertiary/aromatic N) is 1. The number of likely N-dealkylation sites (tertiary alicyclic amines) is 1. The number of ether oxygens (including phenoxy) is 1. The second-order valence-electron chi connectivity index (χ2n) is 5.92. The number of aliphatic carboxylic acids is 1. The molecule has 1 atom stereocenters. The molecule has 1 aromatic carbocycles. The molecule has 0 spiro atoms. The summed E-state index contributed by atoms with van der Waals surface area (Å²) in [4.78, 5) is 13.8. The third kappa shape index (κ3) is 4.18. The molecule has 6 heteroatoms. The van der Waals surface area contributed by atoms with Gasteiger partial charge in [0.25, 0.3) is 0 Å². The number of methoxy groups -OCH3 is 1. The fourth-order valence-electron chi connectivity index (χ4n) is 3.11. The van der Waals surface area contributed by atoms with Gasteiger partial charge in [0.15, 0.2) is 0 Å². The van der Waals surface area contributed by atoms with Crippen molar-refractivity contribution < 1.29 is 19.0 Å². The third-order valence-corrected chi connectivity index (χ3v) is 4.44. The average molecular weight is 330 g/mol. The summed E-state index contributed by atoms with van der Waals surface area (Å²) in [5, 5.41) is 9.98. The van der Waals surface area contributed by atoms with Crippen LogP contribution in [0, 0.1) is 11.2 Å².